The number of carboxylic acids is 1. The second kappa shape index (κ2) is 11.5. The molecular weight excluding hydrogens is 574 g/mol. The maximum atomic E-state index is 14.4. The number of aliphatic hydroxyl groups is 3. The number of alkyl halides is 2. The van der Waals surface area contributed by atoms with E-state index < -0.39 is 66.1 Å². The molecule has 39 heavy (non-hydrogen) atoms. The predicted molar refractivity (Wildman–Crippen MR) is 128 cm³/mol. The van der Waals surface area contributed by atoms with Crippen LogP contribution in [0.2, 0.25) is 10.0 Å². The molecule has 2 heterocycles. The molecule has 1 aliphatic rings. The number of aliphatic hydroxyl groups excluding tert-OH is 3. The Balaban J connectivity index is 1.86. The highest BCUT2D eigenvalue weighted by molar-refractivity contribution is 6.42. The zero-order valence-corrected chi connectivity index (χ0v) is 20.7. The lowest BCUT2D eigenvalue weighted by molar-refractivity contribution is -0.294. The van der Waals surface area contributed by atoms with Gasteiger partial charge < -0.3 is 25.2 Å². The van der Waals surface area contributed by atoms with Crippen molar-refractivity contribution in [2.24, 2.45) is 0 Å². The van der Waals surface area contributed by atoms with Gasteiger partial charge in [-0.2, -0.15) is 10.2 Å². The topological polar surface area (TPSA) is 165 Å². The highest BCUT2D eigenvalue weighted by atomic mass is 35.5. The molecule has 1 fully saturated rings. The average Bonchev–Trinajstić information content (AvgIpc) is 3.39. The first kappa shape index (κ1) is 28.8. The van der Waals surface area contributed by atoms with Gasteiger partial charge in [-0.3, -0.25) is 9.89 Å². The number of aliphatic carboxylic acids is 1. The summed E-state index contributed by atoms with van der Waals surface area (Å²) in [5.41, 5.74) is -1.80. The molecule has 0 aliphatic carbocycles. The summed E-state index contributed by atoms with van der Waals surface area (Å²) in [7, 11) is 0. The van der Waals surface area contributed by atoms with E-state index in [2.05, 4.69) is 5.10 Å². The molecule has 0 spiro atoms. The van der Waals surface area contributed by atoms with Gasteiger partial charge in [0.2, 0.25) is 6.29 Å². The first-order valence-electron chi connectivity index (χ1n) is 10.9. The van der Waals surface area contributed by atoms with Crippen molar-refractivity contribution in [3.05, 3.63) is 69.7 Å². The van der Waals surface area contributed by atoms with Crippen LogP contribution in [0.4, 0.5) is 18.9 Å². The van der Waals surface area contributed by atoms with Crippen LogP contribution in [0.5, 0.6) is 0 Å². The van der Waals surface area contributed by atoms with E-state index in [0.29, 0.717) is 5.06 Å². The summed E-state index contributed by atoms with van der Waals surface area (Å²) in [5, 5.41) is 45.9. The normalized spacial score (nSPS) is 23.2. The quantitative estimate of drug-likeness (QED) is 0.260. The lowest BCUT2D eigenvalue weighted by atomic mass is 9.99. The van der Waals surface area contributed by atoms with Gasteiger partial charge in [0.1, 0.15) is 29.8 Å². The number of carbonyl (C=O) groups excluding carboxylic acids is 1. The summed E-state index contributed by atoms with van der Waals surface area (Å²) in [4.78, 5) is 30.6. The Morgan fingerprint density at radius 2 is 1.77 bits per heavy atom. The third-order valence-corrected chi connectivity index (χ3v) is 6.47. The van der Waals surface area contributed by atoms with Crippen LogP contribution in [0.25, 0.3) is 11.1 Å². The number of ether oxygens (including phenoxy) is 1. The summed E-state index contributed by atoms with van der Waals surface area (Å²) < 4.78 is 46.6. The molecule has 16 heteroatoms. The van der Waals surface area contributed by atoms with Crippen LogP contribution in [0.3, 0.4) is 0 Å². The van der Waals surface area contributed by atoms with Crippen LogP contribution in [0, 0.1) is 5.82 Å². The van der Waals surface area contributed by atoms with E-state index in [1.165, 1.54) is 18.2 Å². The Labute approximate surface area is 226 Å². The number of hydrogen-bond donors (Lipinski definition) is 5. The number of benzene rings is 2. The molecule has 0 bridgehead atoms. The molecule has 5 N–H and O–H groups in total. The van der Waals surface area contributed by atoms with Crippen LogP contribution in [-0.2, 0) is 14.4 Å². The van der Waals surface area contributed by atoms with Crippen molar-refractivity contribution in [1.29, 1.82) is 0 Å². The van der Waals surface area contributed by atoms with Gasteiger partial charge in [0.05, 0.1) is 27.5 Å². The molecule has 5 atom stereocenters. The van der Waals surface area contributed by atoms with E-state index in [9.17, 15) is 43.2 Å². The van der Waals surface area contributed by atoms with Gasteiger partial charge in [-0.05, 0) is 35.9 Å². The van der Waals surface area contributed by atoms with Crippen molar-refractivity contribution in [2.75, 3.05) is 5.06 Å². The van der Waals surface area contributed by atoms with Crippen LogP contribution < -0.4 is 5.06 Å². The summed E-state index contributed by atoms with van der Waals surface area (Å²) >= 11 is 12.1. The van der Waals surface area contributed by atoms with Gasteiger partial charge in [0.15, 0.2) is 6.10 Å². The number of anilines is 1. The number of H-pyrrole nitrogens is 1. The number of hydrogen-bond acceptors (Lipinski definition) is 8. The number of aromatic nitrogens is 2. The van der Waals surface area contributed by atoms with E-state index >= 15 is 0 Å². The number of aromatic amines is 1. The van der Waals surface area contributed by atoms with Crippen molar-refractivity contribution in [3.8, 4) is 11.1 Å². The Bertz CT molecular complexity index is 1390. The number of amides is 1. The van der Waals surface area contributed by atoms with Gasteiger partial charge in [0.25, 0.3) is 12.3 Å². The SMILES string of the molecule is O=C(O)[C@H]1O[C@@H](ON(C(=O)c2cn[nH]c2C(F)F)c2ccc(F)cc2-c2ccc(Cl)c(Cl)c2)[C@H](O)[C@@H](O)[C@@H]1O. The Morgan fingerprint density at radius 3 is 2.41 bits per heavy atom. The third-order valence-electron chi connectivity index (χ3n) is 5.73. The molecule has 11 nitrogen and oxygen atoms in total. The molecule has 208 valence electrons. The van der Waals surface area contributed by atoms with Gasteiger partial charge in [-0.15, -0.1) is 0 Å². The standard InChI is InChI=1S/C23H18Cl2F3N3O8/c24-12-3-1-8(5-13(12)25)10-6-9(26)2-4-14(10)31(21(35)11-7-29-30-15(11)20(27)28)39-23-18(34)16(32)17(33)19(38-23)22(36)37/h1-7,16-20,23,32-34H,(H,29,30)(H,36,37)/t16-,17-,18+,19-,23-/m0/s1. The molecule has 1 saturated heterocycles. The zero-order chi connectivity index (χ0) is 28.6. The minimum Gasteiger partial charge on any atom is -0.479 e. The fraction of sp³-hybridized carbons (Fsp3) is 0.261. The van der Waals surface area contributed by atoms with E-state index in [0.717, 1.165) is 24.4 Å². The fourth-order valence-electron chi connectivity index (χ4n) is 3.78. The van der Waals surface area contributed by atoms with Crippen molar-refractivity contribution in [1.82, 2.24) is 10.2 Å². The molecule has 0 radical (unpaired) electrons. The predicted octanol–water partition coefficient (Wildman–Crippen LogP) is 2.93. The van der Waals surface area contributed by atoms with E-state index in [1.54, 1.807) is 0 Å². The fourth-order valence-corrected chi connectivity index (χ4v) is 4.08. The molecule has 1 amide bonds. The third kappa shape index (κ3) is 5.72. The zero-order valence-electron chi connectivity index (χ0n) is 19.2. The largest absolute Gasteiger partial charge is 0.479 e. The van der Waals surface area contributed by atoms with Gasteiger partial charge in [-0.25, -0.2) is 22.8 Å². The van der Waals surface area contributed by atoms with E-state index in [1.807, 2.05) is 5.10 Å². The Kier molecular flexibility index (Phi) is 8.46. The van der Waals surface area contributed by atoms with Crippen LogP contribution in [-0.4, -0.2) is 73.2 Å². The number of carboxylic acid groups (broad SMARTS) is 1. The van der Waals surface area contributed by atoms with Crippen molar-refractivity contribution < 1.29 is 52.8 Å². The molecule has 0 unspecified atom stereocenters. The summed E-state index contributed by atoms with van der Waals surface area (Å²) in [6, 6.07) is 6.99. The molecule has 1 aliphatic heterocycles. The number of halogens is 5. The number of hydroxylamine groups is 1. The number of nitrogens with one attached hydrogen (secondary N) is 1. The first-order valence-corrected chi connectivity index (χ1v) is 11.7. The molecule has 0 saturated carbocycles. The maximum Gasteiger partial charge on any atom is 0.335 e. The molecule has 1 aromatic heterocycles. The second-order valence-corrected chi connectivity index (χ2v) is 9.04. The lowest BCUT2D eigenvalue weighted by Gasteiger charge is -2.40. The lowest BCUT2D eigenvalue weighted by Crippen LogP contribution is -2.61. The first-order chi connectivity index (χ1) is 18.4. The minimum atomic E-state index is -3.19. The Hall–Kier alpha value is -3.24. The summed E-state index contributed by atoms with van der Waals surface area (Å²) in [5.74, 6) is -3.86. The Morgan fingerprint density at radius 1 is 1.05 bits per heavy atom. The monoisotopic (exact) mass is 591 g/mol. The number of carbonyl (C=O) groups is 2. The van der Waals surface area contributed by atoms with Crippen molar-refractivity contribution in [3.63, 3.8) is 0 Å². The molecular formula is C23H18Cl2F3N3O8. The maximum absolute atomic E-state index is 14.4. The van der Waals surface area contributed by atoms with Crippen LogP contribution in [0.15, 0.2) is 42.6 Å². The smallest absolute Gasteiger partial charge is 0.335 e. The summed E-state index contributed by atoms with van der Waals surface area (Å²) in [6.45, 7) is 0. The van der Waals surface area contributed by atoms with Gasteiger partial charge >= 0.3 is 5.97 Å². The highest BCUT2D eigenvalue weighted by Gasteiger charge is 2.49. The number of nitrogens with zero attached hydrogens (tertiary/aromatic N) is 2. The second-order valence-electron chi connectivity index (χ2n) is 8.23. The molecule has 2 aromatic carbocycles. The molecule has 4 rings (SSSR count). The van der Waals surface area contributed by atoms with Crippen molar-refractivity contribution >= 4 is 40.8 Å². The van der Waals surface area contributed by atoms with E-state index in [4.69, 9.17) is 32.8 Å². The van der Waals surface area contributed by atoms with Crippen LogP contribution in [0.1, 0.15) is 22.5 Å². The molecule has 3 aromatic rings. The average molecular weight is 592 g/mol. The van der Waals surface area contributed by atoms with Gasteiger partial charge in [0, 0.05) is 5.56 Å². The summed E-state index contributed by atoms with van der Waals surface area (Å²) in [6.07, 6.45) is -13.0. The van der Waals surface area contributed by atoms with Crippen molar-refractivity contribution in [2.45, 2.75) is 37.1 Å². The highest BCUT2D eigenvalue weighted by Crippen LogP contribution is 2.37. The minimum absolute atomic E-state index is 0.0467. The number of rotatable bonds is 7. The van der Waals surface area contributed by atoms with Gasteiger partial charge in [-0.1, -0.05) is 29.3 Å². The van der Waals surface area contributed by atoms with E-state index in [-0.39, 0.29) is 26.9 Å². The van der Waals surface area contributed by atoms with Crippen LogP contribution >= 0.6 is 23.2 Å².